The van der Waals surface area contributed by atoms with Crippen molar-refractivity contribution in [1.29, 1.82) is 0 Å². The van der Waals surface area contributed by atoms with Gasteiger partial charge in [0.05, 0.1) is 18.9 Å². The molecule has 0 saturated carbocycles. The average Bonchev–Trinajstić information content (AvgIpc) is 2.53. The SMILES string of the molecule is CCOc1cc(CCCN2CCCCC2C)cc(N)c1OCC. The predicted octanol–water partition coefficient (Wildman–Crippen LogP) is 3.87. The Hall–Kier alpha value is -1.42. The van der Waals surface area contributed by atoms with E-state index < -0.39 is 0 Å². The first-order chi connectivity index (χ1) is 11.2. The lowest BCUT2D eigenvalue weighted by atomic mass is 10.0. The molecule has 0 aromatic heterocycles. The first-order valence-electron chi connectivity index (χ1n) is 9.07. The first-order valence-corrected chi connectivity index (χ1v) is 9.07. The normalized spacial score (nSPS) is 18.8. The number of hydrogen-bond donors (Lipinski definition) is 1. The molecule has 1 aromatic carbocycles. The van der Waals surface area contributed by atoms with Gasteiger partial charge >= 0.3 is 0 Å². The highest BCUT2D eigenvalue weighted by Crippen LogP contribution is 2.35. The van der Waals surface area contributed by atoms with E-state index in [1.807, 2.05) is 19.9 Å². The van der Waals surface area contributed by atoms with E-state index in [-0.39, 0.29) is 0 Å². The van der Waals surface area contributed by atoms with E-state index >= 15 is 0 Å². The number of benzene rings is 1. The van der Waals surface area contributed by atoms with Crippen LogP contribution in [0.5, 0.6) is 11.5 Å². The lowest BCUT2D eigenvalue weighted by Crippen LogP contribution is -2.38. The number of hydrogen-bond acceptors (Lipinski definition) is 4. The molecule has 4 heteroatoms. The van der Waals surface area contributed by atoms with Crippen LogP contribution in [0.3, 0.4) is 0 Å². The molecule has 0 aliphatic carbocycles. The standard InChI is InChI=1S/C19H32N2O2/c1-4-22-18-14-16(13-17(20)19(18)23-5-2)10-8-12-21-11-7-6-9-15(21)3/h13-15H,4-12,20H2,1-3H3. The fraction of sp³-hybridized carbons (Fsp3) is 0.684. The minimum absolute atomic E-state index is 0.594. The third kappa shape index (κ3) is 5.03. The number of piperidine rings is 1. The Labute approximate surface area is 140 Å². The zero-order valence-corrected chi connectivity index (χ0v) is 14.9. The third-order valence-electron chi connectivity index (χ3n) is 4.58. The number of anilines is 1. The molecule has 130 valence electrons. The van der Waals surface area contributed by atoms with Crippen LogP contribution in [0, 0.1) is 0 Å². The van der Waals surface area contributed by atoms with Gasteiger partial charge in [0.15, 0.2) is 11.5 Å². The lowest BCUT2D eigenvalue weighted by Gasteiger charge is -2.33. The van der Waals surface area contributed by atoms with Gasteiger partial charge in [-0.1, -0.05) is 6.42 Å². The highest BCUT2D eigenvalue weighted by Gasteiger charge is 2.17. The van der Waals surface area contributed by atoms with Crippen LogP contribution in [-0.4, -0.2) is 37.2 Å². The second-order valence-corrected chi connectivity index (χ2v) is 6.36. The van der Waals surface area contributed by atoms with Crippen molar-refractivity contribution in [1.82, 2.24) is 4.90 Å². The van der Waals surface area contributed by atoms with Crippen molar-refractivity contribution in [2.75, 3.05) is 32.0 Å². The van der Waals surface area contributed by atoms with Gasteiger partial charge in [-0.15, -0.1) is 0 Å². The van der Waals surface area contributed by atoms with Gasteiger partial charge in [0.1, 0.15) is 0 Å². The van der Waals surface area contributed by atoms with Crippen molar-refractivity contribution in [3.05, 3.63) is 17.7 Å². The number of nitrogens with zero attached hydrogens (tertiary/aromatic N) is 1. The Kier molecular flexibility index (Phi) is 7.03. The Morgan fingerprint density at radius 1 is 1.17 bits per heavy atom. The minimum Gasteiger partial charge on any atom is -0.490 e. The zero-order chi connectivity index (χ0) is 16.7. The second kappa shape index (κ2) is 9.02. The quantitative estimate of drug-likeness (QED) is 0.739. The summed E-state index contributed by atoms with van der Waals surface area (Å²) in [6.07, 6.45) is 6.24. The Morgan fingerprint density at radius 3 is 2.65 bits per heavy atom. The maximum absolute atomic E-state index is 6.16. The average molecular weight is 320 g/mol. The van der Waals surface area contributed by atoms with Gasteiger partial charge in [0.25, 0.3) is 0 Å². The van der Waals surface area contributed by atoms with Gasteiger partial charge in [-0.2, -0.15) is 0 Å². The zero-order valence-electron chi connectivity index (χ0n) is 14.9. The predicted molar refractivity (Wildman–Crippen MR) is 96.4 cm³/mol. The molecule has 1 aliphatic rings. The minimum atomic E-state index is 0.594. The van der Waals surface area contributed by atoms with Crippen LogP contribution in [0.15, 0.2) is 12.1 Å². The monoisotopic (exact) mass is 320 g/mol. The smallest absolute Gasteiger partial charge is 0.184 e. The van der Waals surface area contributed by atoms with Gasteiger partial charge < -0.3 is 20.1 Å². The molecule has 0 spiro atoms. The number of aryl methyl sites for hydroxylation is 1. The molecule has 4 nitrogen and oxygen atoms in total. The molecule has 0 amide bonds. The number of likely N-dealkylation sites (tertiary alicyclic amines) is 1. The van der Waals surface area contributed by atoms with E-state index in [9.17, 15) is 0 Å². The fourth-order valence-corrected chi connectivity index (χ4v) is 3.37. The molecule has 1 heterocycles. The van der Waals surface area contributed by atoms with Crippen LogP contribution in [0.1, 0.15) is 52.0 Å². The van der Waals surface area contributed by atoms with E-state index in [0.29, 0.717) is 24.7 Å². The Morgan fingerprint density at radius 2 is 1.96 bits per heavy atom. The molecule has 1 aromatic rings. The molecule has 0 bridgehead atoms. The van der Waals surface area contributed by atoms with Crippen molar-refractivity contribution >= 4 is 5.69 Å². The number of ether oxygens (including phenoxy) is 2. The summed E-state index contributed by atoms with van der Waals surface area (Å²) in [6.45, 7) is 9.92. The lowest BCUT2D eigenvalue weighted by molar-refractivity contribution is 0.159. The van der Waals surface area contributed by atoms with E-state index in [0.717, 1.165) is 31.2 Å². The van der Waals surface area contributed by atoms with Crippen LogP contribution >= 0.6 is 0 Å². The molecule has 1 saturated heterocycles. The maximum Gasteiger partial charge on any atom is 0.184 e. The molecule has 1 atom stereocenters. The van der Waals surface area contributed by atoms with Crippen molar-refractivity contribution in [3.63, 3.8) is 0 Å². The van der Waals surface area contributed by atoms with E-state index in [2.05, 4.69) is 17.9 Å². The number of nitrogens with two attached hydrogens (primary N) is 1. The van der Waals surface area contributed by atoms with Crippen molar-refractivity contribution in [2.45, 2.75) is 58.9 Å². The molecule has 1 aliphatic heterocycles. The van der Waals surface area contributed by atoms with Crippen LogP contribution in [0.4, 0.5) is 5.69 Å². The van der Waals surface area contributed by atoms with E-state index in [4.69, 9.17) is 15.2 Å². The second-order valence-electron chi connectivity index (χ2n) is 6.36. The highest BCUT2D eigenvalue weighted by molar-refractivity contribution is 5.62. The first kappa shape index (κ1) is 17.9. The Bertz CT molecular complexity index is 491. The van der Waals surface area contributed by atoms with Gasteiger partial charge in [0, 0.05) is 6.04 Å². The Balaban J connectivity index is 1.96. The van der Waals surface area contributed by atoms with Gasteiger partial charge in [-0.05, 0) is 77.2 Å². The summed E-state index contributed by atoms with van der Waals surface area (Å²) in [7, 11) is 0. The molecule has 1 unspecified atom stereocenters. The van der Waals surface area contributed by atoms with E-state index in [1.54, 1.807) is 0 Å². The topological polar surface area (TPSA) is 47.7 Å². The van der Waals surface area contributed by atoms with Crippen LogP contribution < -0.4 is 15.2 Å². The van der Waals surface area contributed by atoms with Crippen molar-refractivity contribution < 1.29 is 9.47 Å². The summed E-state index contributed by atoms with van der Waals surface area (Å²) in [5.74, 6) is 1.46. The van der Waals surface area contributed by atoms with Crippen LogP contribution in [0.25, 0.3) is 0 Å². The summed E-state index contributed by atoms with van der Waals surface area (Å²) in [5.41, 5.74) is 8.07. The summed E-state index contributed by atoms with van der Waals surface area (Å²) in [6, 6.07) is 4.85. The van der Waals surface area contributed by atoms with Gasteiger partial charge in [-0.3, -0.25) is 0 Å². The van der Waals surface area contributed by atoms with Crippen LogP contribution in [0.2, 0.25) is 0 Å². The van der Waals surface area contributed by atoms with Crippen molar-refractivity contribution in [2.24, 2.45) is 0 Å². The van der Waals surface area contributed by atoms with Crippen molar-refractivity contribution in [3.8, 4) is 11.5 Å². The molecule has 1 fully saturated rings. The molecule has 2 N–H and O–H groups in total. The molecular weight excluding hydrogens is 288 g/mol. The molecular formula is C19H32N2O2. The number of rotatable bonds is 8. The third-order valence-corrected chi connectivity index (χ3v) is 4.58. The molecule has 23 heavy (non-hydrogen) atoms. The van der Waals surface area contributed by atoms with Gasteiger partial charge in [-0.25, -0.2) is 0 Å². The summed E-state index contributed by atoms with van der Waals surface area (Å²) < 4.78 is 11.3. The fourth-order valence-electron chi connectivity index (χ4n) is 3.37. The summed E-state index contributed by atoms with van der Waals surface area (Å²) >= 11 is 0. The molecule has 0 radical (unpaired) electrons. The molecule has 2 rings (SSSR count). The summed E-state index contributed by atoms with van der Waals surface area (Å²) in [5, 5.41) is 0. The number of nitrogen functional groups attached to an aromatic ring is 1. The highest BCUT2D eigenvalue weighted by atomic mass is 16.5. The van der Waals surface area contributed by atoms with E-state index in [1.165, 1.54) is 31.4 Å². The summed E-state index contributed by atoms with van der Waals surface area (Å²) in [4.78, 5) is 2.62. The van der Waals surface area contributed by atoms with Crippen LogP contribution in [-0.2, 0) is 6.42 Å². The van der Waals surface area contributed by atoms with Gasteiger partial charge in [0.2, 0.25) is 0 Å². The maximum atomic E-state index is 6.16. The largest absolute Gasteiger partial charge is 0.490 e.